The molecule has 2 rings (SSSR count). The Morgan fingerprint density at radius 3 is 2.35 bits per heavy atom. The summed E-state index contributed by atoms with van der Waals surface area (Å²) in [7, 11) is -2.71. The molecule has 1 aliphatic rings. The molecule has 1 saturated heterocycles. The predicted molar refractivity (Wildman–Crippen MR) is 124 cm³/mol. The van der Waals surface area contributed by atoms with Crippen LogP contribution in [0, 0.1) is 10.1 Å². The lowest BCUT2D eigenvalue weighted by molar-refractivity contribution is -0.384. The van der Waals surface area contributed by atoms with Crippen molar-refractivity contribution in [3.05, 3.63) is 39.9 Å². The van der Waals surface area contributed by atoms with Crippen LogP contribution in [-0.2, 0) is 20.7 Å². The Morgan fingerprint density at radius 2 is 1.87 bits per heavy atom. The summed E-state index contributed by atoms with van der Waals surface area (Å²) in [5.74, 6) is 0.0553. The Kier molecular flexibility index (Phi) is 9.08. The number of hydrogen-bond acceptors (Lipinski definition) is 8. The highest BCUT2D eigenvalue weighted by Gasteiger charge is 2.54. The molecule has 0 spiro atoms. The van der Waals surface area contributed by atoms with E-state index >= 15 is 0 Å². The summed E-state index contributed by atoms with van der Waals surface area (Å²) in [6.45, 7) is 11.8. The average Bonchev–Trinajstić information content (AvgIpc) is 3.18. The summed E-state index contributed by atoms with van der Waals surface area (Å²) < 4.78 is 12.2. The Hall–Kier alpha value is -1.46. The second kappa shape index (κ2) is 10.9. The van der Waals surface area contributed by atoms with E-state index in [0.29, 0.717) is 11.3 Å². The van der Waals surface area contributed by atoms with Gasteiger partial charge in [0, 0.05) is 31.0 Å². The molecule has 1 aliphatic heterocycles. The number of nitro groups is 1. The van der Waals surface area contributed by atoms with E-state index in [4.69, 9.17) is 9.26 Å². The molecule has 1 aromatic carbocycles. The lowest BCUT2D eigenvalue weighted by atomic mass is 10.2. The van der Waals surface area contributed by atoms with Crippen molar-refractivity contribution in [2.24, 2.45) is 0 Å². The van der Waals surface area contributed by atoms with E-state index < -0.39 is 24.2 Å². The van der Waals surface area contributed by atoms with Crippen LogP contribution < -0.4 is 0 Å². The number of carbonyl (C=O) groups excluding carboxylic acids is 1. The first-order chi connectivity index (χ1) is 14.4. The maximum atomic E-state index is 13.3. The van der Waals surface area contributed by atoms with E-state index in [2.05, 4.69) is 27.3 Å². The van der Waals surface area contributed by atoms with Crippen molar-refractivity contribution in [2.75, 3.05) is 18.8 Å². The molecule has 10 heteroatoms. The fourth-order valence-electron chi connectivity index (χ4n) is 3.43. The molecule has 0 radical (unpaired) electrons. The zero-order valence-corrected chi connectivity index (χ0v) is 20.8. The first kappa shape index (κ1) is 25.8. The van der Waals surface area contributed by atoms with Crippen molar-refractivity contribution in [1.82, 2.24) is 5.06 Å². The number of thioether (sulfide) groups is 1. The number of nitro benzene ring substituents is 1. The largest absolute Gasteiger partial charge is 0.461 e. The van der Waals surface area contributed by atoms with Crippen molar-refractivity contribution in [3.63, 3.8) is 0 Å². The van der Waals surface area contributed by atoms with E-state index in [-0.39, 0.29) is 23.3 Å². The van der Waals surface area contributed by atoms with Gasteiger partial charge in [0.05, 0.1) is 15.9 Å². The lowest BCUT2D eigenvalue weighted by Crippen LogP contribution is -2.55. The molecule has 8 nitrogen and oxygen atoms in total. The smallest absolute Gasteiger partial charge is 0.309 e. The fourth-order valence-corrected chi connectivity index (χ4v) is 8.29. The number of nitrogens with zero attached hydrogens (tertiary/aromatic N) is 2. The van der Waals surface area contributed by atoms with Gasteiger partial charge in [0.2, 0.25) is 8.32 Å². The topological polar surface area (TPSA) is 102 Å². The van der Waals surface area contributed by atoms with Crippen LogP contribution >= 0.6 is 11.8 Å². The number of aliphatic hydroxyl groups is 1. The number of hydrogen-bond donors (Lipinski definition) is 1. The Balaban J connectivity index is 2.20. The zero-order chi connectivity index (χ0) is 23.2. The summed E-state index contributed by atoms with van der Waals surface area (Å²) in [4.78, 5) is 23.6. The van der Waals surface area contributed by atoms with E-state index in [0.717, 1.165) is 25.9 Å². The molecule has 0 aromatic heterocycles. The maximum Gasteiger partial charge on any atom is 0.309 e. The molecule has 174 valence electrons. The summed E-state index contributed by atoms with van der Waals surface area (Å²) in [5, 5.41) is 22.4. The number of esters is 1. The number of carbonyl (C=O) groups is 1. The lowest BCUT2D eigenvalue weighted by Gasteiger charge is -2.45. The van der Waals surface area contributed by atoms with Gasteiger partial charge in [0.15, 0.2) is 0 Å². The molecule has 1 aromatic rings. The Morgan fingerprint density at radius 1 is 1.29 bits per heavy atom. The number of rotatable bonds is 10. The van der Waals surface area contributed by atoms with Gasteiger partial charge in [-0.2, -0.15) is 0 Å². The molecule has 31 heavy (non-hydrogen) atoms. The third-order valence-electron chi connectivity index (χ3n) is 5.85. The number of hydroxylamine groups is 2. The summed E-state index contributed by atoms with van der Waals surface area (Å²) >= 11 is 1.31. The van der Waals surface area contributed by atoms with E-state index in [1.165, 1.54) is 23.9 Å². The minimum Gasteiger partial charge on any atom is -0.461 e. The van der Waals surface area contributed by atoms with Gasteiger partial charge in [-0.05, 0) is 49.0 Å². The highest BCUT2D eigenvalue weighted by molar-refractivity contribution is 7.99. The molecule has 0 bridgehead atoms. The van der Waals surface area contributed by atoms with Gasteiger partial charge in [-0.3, -0.25) is 14.9 Å². The summed E-state index contributed by atoms with van der Waals surface area (Å²) in [5.41, 5.74) is -0.408. The van der Waals surface area contributed by atoms with Crippen LogP contribution in [0.15, 0.2) is 24.3 Å². The fraction of sp³-hybridized carbons (Fsp3) is 0.667. The quantitative estimate of drug-likeness (QED) is 0.176. The third-order valence-corrected chi connectivity index (χ3v) is 12.5. The van der Waals surface area contributed by atoms with Crippen LogP contribution in [-0.4, -0.2) is 53.7 Å². The number of ether oxygens (including phenoxy) is 1. The monoisotopic (exact) mass is 470 g/mol. The van der Waals surface area contributed by atoms with Gasteiger partial charge < -0.3 is 14.4 Å². The molecule has 1 unspecified atom stereocenters. The standard InChI is InChI=1S/C21H34N2O6SSi/c1-16(24)30-15-19(31(5,21(2,3)4)29-22-12-6-7-13-22)20(25)28-14-17-8-10-18(11-9-17)23(26)27/h8-11,16,19,24H,6-7,12-15H2,1-5H3/t16-,19+,31?/m0/s1. The van der Waals surface area contributed by atoms with Gasteiger partial charge in [-0.1, -0.05) is 20.8 Å². The van der Waals surface area contributed by atoms with Crippen molar-refractivity contribution in [2.45, 2.75) is 69.7 Å². The van der Waals surface area contributed by atoms with Crippen molar-refractivity contribution in [1.29, 1.82) is 0 Å². The highest BCUT2D eigenvalue weighted by atomic mass is 32.2. The van der Waals surface area contributed by atoms with Gasteiger partial charge in [-0.25, -0.2) is 5.06 Å². The van der Waals surface area contributed by atoms with Crippen LogP contribution in [0.3, 0.4) is 0 Å². The second-order valence-electron chi connectivity index (χ2n) is 9.10. The maximum absolute atomic E-state index is 13.3. The molecule has 1 N–H and O–H groups in total. The minimum absolute atomic E-state index is 0.00647. The molecule has 3 atom stereocenters. The molecular weight excluding hydrogens is 436 g/mol. The second-order valence-corrected chi connectivity index (χ2v) is 15.0. The predicted octanol–water partition coefficient (Wildman–Crippen LogP) is 4.48. The van der Waals surface area contributed by atoms with Crippen LogP contribution in [0.5, 0.6) is 0 Å². The molecular formula is C21H34N2O6SSi. The van der Waals surface area contributed by atoms with Crippen molar-refractivity contribution < 1.29 is 24.1 Å². The SMILES string of the molecule is C[C@@H](O)SC[C@H](C(=O)OCc1ccc([N+](=O)[O-])cc1)[Si](C)(ON1CCCC1)C(C)(C)C. The van der Waals surface area contributed by atoms with Crippen LogP contribution in [0.2, 0.25) is 17.1 Å². The van der Waals surface area contributed by atoms with Gasteiger partial charge in [0.1, 0.15) is 6.61 Å². The molecule has 1 fully saturated rings. The van der Waals surface area contributed by atoms with Crippen LogP contribution in [0.25, 0.3) is 0 Å². The first-order valence-corrected chi connectivity index (χ1v) is 14.1. The summed E-state index contributed by atoms with van der Waals surface area (Å²) in [6, 6.07) is 5.97. The van der Waals surface area contributed by atoms with Crippen LogP contribution in [0.4, 0.5) is 5.69 Å². The molecule has 0 amide bonds. The van der Waals surface area contributed by atoms with E-state index in [9.17, 15) is 20.0 Å². The normalized spacial score (nSPS) is 18.9. The number of non-ortho nitro benzene ring substituents is 1. The summed E-state index contributed by atoms with van der Waals surface area (Å²) in [6.07, 6.45) is 2.15. The molecule has 0 saturated carbocycles. The van der Waals surface area contributed by atoms with E-state index in [1.807, 2.05) is 5.06 Å². The first-order valence-electron chi connectivity index (χ1n) is 10.6. The molecule has 1 heterocycles. The number of benzene rings is 1. The highest BCUT2D eigenvalue weighted by Crippen LogP contribution is 2.47. The van der Waals surface area contributed by atoms with Gasteiger partial charge in [0.25, 0.3) is 5.69 Å². The van der Waals surface area contributed by atoms with Crippen molar-refractivity contribution in [3.8, 4) is 0 Å². The van der Waals surface area contributed by atoms with Gasteiger partial charge in [-0.15, -0.1) is 11.8 Å². The Labute approximate surface area is 189 Å². The van der Waals surface area contributed by atoms with Crippen LogP contribution in [0.1, 0.15) is 46.1 Å². The third kappa shape index (κ3) is 7.01. The van der Waals surface area contributed by atoms with Crippen molar-refractivity contribution >= 4 is 31.7 Å². The van der Waals surface area contributed by atoms with E-state index in [1.54, 1.807) is 19.1 Å². The average molecular weight is 471 g/mol. The zero-order valence-electron chi connectivity index (χ0n) is 19.0. The minimum atomic E-state index is -2.71. The molecule has 0 aliphatic carbocycles. The Bertz CT molecular complexity index is 749. The van der Waals surface area contributed by atoms with Gasteiger partial charge >= 0.3 is 5.97 Å². The number of aliphatic hydroxyl groups excluding tert-OH is 1.